The standard InChI is InChI=1S/C19H20FNO2S2/c1-4-23-19(22)18-13(17-14(20)6-5-7-15(17)25-18)10-21(3)11-16-12(2)8-9-24-16/h5-9H,4,10-11H2,1-3H3. The van der Waals surface area contributed by atoms with Crippen molar-refractivity contribution in [2.45, 2.75) is 26.9 Å². The van der Waals surface area contributed by atoms with Crippen LogP contribution >= 0.6 is 22.7 Å². The fourth-order valence-corrected chi connectivity index (χ4v) is 4.92. The molecule has 25 heavy (non-hydrogen) atoms. The Morgan fingerprint density at radius 2 is 2.08 bits per heavy atom. The molecule has 0 aliphatic rings. The molecule has 2 aromatic heterocycles. The number of nitrogens with zero attached hydrogens (tertiary/aromatic N) is 1. The highest BCUT2D eigenvalue weighted by molar-refractivity contribution is 7.21. The van der Waals surface area contributed by atoms with Gasteiger partial charge in [0.1, 0.15) is 10.7 Å². The zero-order chi connectivity index (χ0) is 18.0. The molecule has 0 atom stereocenters. The van der Waals surface area contributed by atoms with Gasteiger partial charge in [-0.1, -0.05) is 6.07 Å². The van der Waals surface area contributed by atoms with Crippen LogP contribution in [0.4, 0.5) is 4.39 Å². The summed E-state index contributed by atoms with van der Waals surface area (Å²) in [5.41, 5.74) is 1.97. The molecule has 3 rings (SSSR count). The fraction of sp³-hybridized carbons (Fsp3) is 0.316. The summed E-state index contributed by atoms with van der Waals surface area (Å²) in [6.07, 6.45) is 0. The first-order valence-electron chi connectivity index (χ1n) is 8.09. The SMILES string of the molecule is CCOC(=O)c1sc2cccc(F)c2c1CN(C)Cc1sccc1C. The van der Waals surface area contributed by atoms with E-state index in [1.165, 1.54) is 27.8 Å². The van der Waals surface area contributed by atoms with E-state index in [-0.39, 0.29) is 11.8 Å². The van der Waals surface area contributed by atoms with Crippen LogP contribution < -0.4 is 0 Å². The summed E-state index contributed by atoms with van der Waals surface area (Å²) in [6.45, 7) is 5.42. The summed E-state index contributed by atoms with van der Waals surface area (Å²) in [6, 6.07) is 7.05. The van der Waals surface area contributed by atoms with Crippen LogP contribution in [0.2, 0.25) is 0 Å². The maximum Gasteiger partial charge on any atom is 0.348 e. The lowest BCUT2D eigenvalue weighted by Gasteiger charge is -2.17. The Morgan fingerprint density at radius 1 is 1.28 bits per heavy atom. The van der Waals surface area contributed by atoms with Crippen LogP contribution in [0.1, 0.15) is 32.6 Å². The van der Waals surface area contributed by atoms with Crippen molar-refractivity contribution in [3.05, 3.63) is 56.3 Å². The average molecular weight is 378 g/mol. The second-order valence-corrected chi connectivity index (χ2v) is 8.00. The molecule has 0 aliphatic carbocycles. The summed E-state index contributed by atoms with van der Waals surface area (Å²) in [5, 5.41) is 2.60. The zero-order valence-electron chi connectivity index (χ0n) is 14.5. The fourth-order valence-electron chi connectivity index (χ4n) is 2.82. The van der Waals surface area contributed by atoms with Crippen LogP contribution in [-0.2, 0) is 17.8 Å². The molecule has 0 amide bonds. The van der Waals surface area contributed by atoms with E-state index in [1.807, 2.05) is 13.1 Å². The molecule has 2 heterocycles. The van der Waals surface area contributed by atoms with Crippen molar-refractivity contribution in [2.75, 3.05) is 13.7 Å². The molecule has 0 aliphatic heterocycles. The first kappa shape index (κ1) is 18.0. The van der Waals surface area contributed by atoms with Crippen molar-refractivity contribution in [1.29, 1.82) is 0 Å². The van der Waals surface area contributed by atoms with Gasteiger partial charge in [-0.15, -0.1) is 22.7 Å². The number of hydrogen-bond donors (Lipinski definition) is 0. The molecular weight excluding hydrogens is 357 g/mol. The Hall–Kier alpha value is -1.76. The largest absolute Gasteiger partial charge is 0.462 e. The highest BCUT2D eigenvalue weighted by Gasteiger charge is 2.22. The van der Waals surface area contributed by atoms with Gasteiger partial charge in [-0.25, -0.2) is 9.18 Å². The van der Waals surface area contributed by atoms with E-state index < -0.39 is 0 Å². The normalized spacial score (nSPS) is 11.4. The number of benzene rings is 1. The lowest BCUT2D eigenvalue weighted by Crippen LogP contribution is -2.19. The molecule has 3 aromatic rings. The zero-order valence-corrected chi connectivity index (χ0v) is 16.1. The Bertz CT molecular complexity index is 900. The maximum atomic E-state index is 14.4. The minimum absolute atomic E-state index is 0.292. The number of halogens is 1. The Morgan fingerprint density at radius 3 is 2.76 bits per heavy atom. The summed E-state index contributed by atoms with van der Waals surface area (Å²) < 4.78 is 20.4. The third-order valence-electron chi connectivity index (χ3n) is 4.03. The number of carbonyl (C=O) groups is 1. The summed E-state index contributed by atoms with van der Waals surface area (Å²) in [7, 11) is 1.98. The summed E-state index contributed by atoms with van der Waals surface area (Å²) in [5.74, 6) is -0.668. The van der Waals surface area contributed by atoms with Crippen LogP contribution in [0.25, 0.3) is 10.1 Å². The summed E-state index contributed by atoms with van der Waals surface area (Å²) >= 11 is 3.01. The van der Waals surface area contributed by atoms with E-state index in [9.17, 15) is 9.18 Å². The molecule has 1 aromatic carbocycles. The lowest BCUT2D eigenvalue weighted by molar-refractivity contribution is 0.0530. The number of rotatable bonds is 6. The minimum atomic E-state index is -0.376. The van der Waals surface area contributed by atoms with Crippen molar-refractivity contribution in [2.24, 2.45) is 0 Å². The number of hydrogen-bond acceptors (Lipinski definition) is 5. The number of aryl methyl sites for hydroxylation is 1. The van der Waals surface area contributed by atoms with Crippen LogP contribution in [0.15, 0.2) is 29.6 Å². The van der Waals surface area contributed by atoms with Crippen LogP contribution in [0.5, 0.6) is 0 Å². The van der Waals surface area contributed by atoms with Gasteiger partial charge in [0.25, 0.3) is 0 Å². The third-order valence-corrected chi connectivity index (χ3v) is 6.22. The number of carbonyl (C=O) groups excluding carboxylic acids is 1. The third kappa shape index (κ3) is 3.76. The Labute approximate surface area is 154 Å². The highest BCUT2D eigenvalue weighted by atomic mass is 32.1. The van der Waals surface area contributed by atoms with Crippen molar-refractivity contribution in [3.8, 4) is 0 Å². The molecule has 0 unspecified atom stereocenters. The molecule has 132 valence electrons. The molecule has 3 nitrogen and oxygen atoms in total. The van der Waals surface area contributed by atoms with Gasteiger partial charge in [0, 0.05) is 33.6 Å². The van der Waals surface area contributed by atoms with Gasteiger partial charge in [0.2, 0.25) is 0 Å². The Kier molecular flexibility index (Phi) is 5.51. The molecule has 0 spiro atoms. The van der Waals surface area contributed by atoms with Gasteiger partial charge in [0.05, 0.1) is 6.61 Å². The molecule has 0 saturated heterocycles. The van der Waals surface area contributed by atoms with Crippen molar-refractivity contribution < 1.29 is 13.9 Å². The molecule has 0 fully saturated rings. The topological polar surface area (TPSA) is 29.5 Å². The van der Waals surface area contributed by atoms with Gasteiger partial charge in [-0.2, -0.15) is 0 Å². The molecule has 6 heteroatoms. The van der Waals surface area contributed by atoms with Crippen molar-refractivity contribution >= 4 is 38.7 Å². The minimum Gasteiger partial charge on any atom is -0.462 e. The predicted molar refractivity (Wildman–Crippen MR) is 102 cm³/mol. The highest BCUT2D eigenvalue weighted by Crippen LogP contribution is 2.35. The first-order valence-corrected chi connectivity index (χ1v) is 9.79. The van der Waals surface area contributed by atoms with Crippen LogP contribution in [0.3, 0.4) is 0 Å². The van der Waals surface area contributed by atoms with Gasteiger partial charge >= 0.3 is 5.97 Å². The number of fused-ring (bicyclic) bond motifs is 1. The van der Waals surface area contributed by atoms with Gasteiger partial charge in [0.15, 0.2) is 0 Å². The monoisotopic (exact) mass is 377 g/mol. The van der Waals surface area contributed by atoms with E-state index in [4.69, 9.17) is 4.74 Å². The van der Waals surface area contributed by atoms with Crippen LogP contribution in [-0.4, -0.2) is 24.5 Å². The van der Waals surface area contributed by atoms with E-state index >= 15 is 0 Å². The van der Waals surface area contributed by atoms with Gasteiger partial charge in [-0.05, 0) is 50.0 Å². The molecule has 0 radical (unpaired) electrons. The van der Waals surface area contributed by atoms with E-state index in [0.29, 0.717) is 29.0 Å². The van der Waals surface area contributed by atoms with Crippen molar-refractivity contribution in [3.63, 3.8) is 0 Å². The smallest absolute Gasteiger partial charge is 0.348 e. The first-order chi connectivity index (χ1) is 12.0. The van der Waals surface area contributed by atoms with Gasteiger partial charge < -0.3 is 4.74 Å². The second kappa shape index (κ2) is 7.64. The second-order valence-electron chi connectivity index (χ2n) is 5.94. The van der Waals surface area contributed by atoms with Crippen LogP contribution in [0, 0.1) is 12.7 Å². The maximum absolute atomic E-state index is 14.4. The van der Waals surface area contributed by atoms with Crippen molar-refractivity contribution in [1.82, 2.24) is 4.90 Å². The van der Waals surface area contributed by atoms with Gasteiger partial charge in [-0.3, -0.25) is 4.90 Å². The van der Waals surface area contributed by atoms with E-state index in [2.05, 4.69) is 23.3 Å². The predicted octanol–water partition coefficient (Wildman–Crippen LogP) is 5.22. The average Bonchev–Trinajstić information content (AvgIpc) is 3.13. The lowest BCUT2D eigenvalue weighted by atomic mass is 10.1. The van der Waals surface area contributed by atoms with E-state index in [1.54, 1.807) is 24.3 Å². The molecule has 0 saturated carbocycles. The molecular formula is C19H20FNO2S2. The Balaban J connectivity index is 1.96. The summed E-state index contributed by atoms with van der Waals surface area (Å²) in [4.78, 5) is 16.2. The van der Waals surface area contributed by atoms with E-state index in [0.717, 1.165) is 11.2 Å². The molecule has 0 N–H and O–H groups in total. The number of esters is 1. The number of ether oxygens (including phenoxy) is 1. The quantitative estimate of drug-likeness (QED) is 0.552. The number of thiophene rings is 2. The molecule has 0 bridgehead atoms.